The van der Waals surface area contributed by atoms with Crippen LogP contribution in [-0.4, -0.2) is 24.9 Å². The van der Waals surface area contributed by atoms with Crippen molar-refractivity contribution in [2.45, 2.75) is 19.9 Å². The summed E-state index contributed by atoms with van der Waals surface area (Å²) in [5.41, 5.74) is 0. The van der Waals surface area contributed by atoms with E-state index < -0.39 is 0 Å². The fourth-order valence-corrected chi connectivity index (χ4v) is 1.77. The van der Waals surface area contributed by atoms with Gasteiger partial charge in [0.15, 0.2) is 5.78 Å². The Kier molecular flexibility index (Phi) is 2.86. The highest BCUT2D eigenvalue weighted by Gasteiger charge is 2.12. The highest BCUT2D eigenvalue weighted by atomic mass is 32.1. The average molecular weight is 222 g/mol. The molecule has 2 heterocycles. The van der Waals surface area contributed by atoms with Crippen LogP contribution in [0.15, 0.2) is 18.6 Å². The second-order valence-electron chi connectivity index (χ2n) is 3.01. The molecule has 0 bridgehead atoms. The molecule has 0 spiro atoms. The van der Waals surface area contributed by atoms with Gasteiger partial charge in [-0.05, 0) is 18.5 Å². The molecule has 0 amide bonds. The smallest absolute Gasteiger partial charge is 0.183 e. The molecule has 0 atom stereocenters. The fraction of sp³-hybridized carbons (Fsp3) is 0.333. The van der Waals surface area contributed by atoms with Crippen LogP contribution in [0, 0.1) is 0 Å². The summed E-state index contributed by atoms with van der Waals surface area (Å²) in [6, 6.07) is 0. The lowest BCUT2D eigenvalue weighted by atomic mass is 10.2. The molecule has 0 aliphatic heterocycles. The molecule has 6 heteroatoms. The van der Waals surface area contributed by atoms with Gasteiger partial charge in [0.1, 0.15) is 10.7 Å². The van der Waals surface area contributed by atoms with Crippen molar-refractivity contribution >= 4 is 17.3 Å². The first-order valence-corrected chi connectivity index (χ1v) is 5.39. The Bertz CT molecular complexity index is 448. The van der Waals surface area contributed by atoms with Crippen LogP contribution in [0.1, 0.15) is 22.4 Å². The summed E-state index contributed by atoms with van der Waals surface area (Å²) in [5.74, 6) is 0.807. The van der Waals surface area contributed by atoms with Crippen LogP contribution in [0.25, 0.3) is 0 Å². The monoisotopic (exact) mass is 222 g/mol. The van der Waals surface area contributed by atoms with E-state index in [4.69, 9.17) is 0 Å². The molecule has 0 radical (unpaired) electrons. The molecular weight excluding hydrogens is 212 g/mol. The van der Waals surface area contributed by atoms with E-state index in [0.29, 0.717) is 11.3 Å². The first-order chi connectivity index (χ1) is 7.31. The van der Waals surface area contributed by atoms with E-state index >= 15 is 0 Å². The maximum atomic E-state index is 11.7. The zero-order valence-corrected chi connectivity index (χ0v) is 9.07. The third-order valence-electron chi connectivity index (χ3n) is 2.10. The minimum atomic E-state index is 0.0194. The highest BCUT2D eigenvalue weighted by Crippen LogP contribution is 2.08. The van der Waals surface area contributed by atoms with Crippen molar-refractivity contribution < 1.29 is 4.79 Å². The summed E-state index contributed by atoms with van der Waals surface area (Å²) in [7, 11) is 0. The Morgan fingerprint density at radius 1 is 1.60 bits per heavy atom. The summed E-state index contributed by atoms with van der Waals surface area (Å²) in [6.07, 6.45) is 5.38. The number of nitrogens with zero attached hydrogens (tertiary/aromatic N) is 4. The van der Waals surface area contributed by atoms with Crippen molar-refractivity contribution in [3.63, 3.8) is 0 Å². The van der Waals surface area contributed by atoms with Gasteiger partial charge in [0.2, 0.25) is 0 Å². The molecule has 15 heavy (non-hydrogen) atoms. The number of hydrogen-bond donors (Lipinski definition) is 0. The number of ketones is 1. The van der Waals surface area contributed by atoms with Gasteiger partial charge in [0.05, 0.1) is 12.6 Å². The number of hydrogen-bond acceptors (Lipinski definition) is 5. The van der Waals surface area contributed by atoms with E-state index in [2.05, 4.69) is 14.6 Å². The lowest BCUT2D eigenvalue weighted by Gasteiger charge is -2.01. The van der Waals surface area contributed by atoms with Gasteiger partial charge in [-0.1, -0.05) is 4.49 Å². The third kappa shape index (κ3) is 2.10. The minimum Gasteiger partial charge on any atom is -0.335 e. The van der Waals surface area contributed by atoms with Crippen molar-refractivity contribution in [3.8, 4) is 0 Å². The lowest BCUT2D eigenvalue weighted by Crippen LogP contribution is -2.08. The van der Waals surface area contributed by atoms with Gasteiger partial charge in [-0.2, -0.15) is 0 Å². The predicted molar refractivity (Wildman–Crippen MR) is 55.8 cm³/mol. The maximum Gasteiger partial charge on any atom is 0.183 e. The zero-order chi connectivity index (χ0) is 10.7. The summed E-state index contributed by atoms with van der Waals surface area (Å²) < 4.78 is 5.61. The molecule has 0 fully saturated rings. The van der Waals surface area contributed by atoms with Gasteiger partial charge in [-0.25, -0.2) is 4.98 Å². The normalized spacial score (nSPS) is 10.5. The van der Waals surface area contributed by atoms with Crippen molar-refractivity contribution in [1.29, 1.82) is 0 Å². The van der Waals surface area contributed by atoms with Gasteiger partial charge in [0, 0.05) is 18.9 Å². The van der Waals surface area contributed by atoms with Gasteiger partial charge in [-0.3, -0.25) is 4.79 Å². The molecule has 2 aromatic heterocycles. The van der Waals surface area contributed by atoms with Crippen LogP contribution in [0.5, 0.6) is 0 Å². The number of carbonyl (C=O) groups excluding carboxylic acids is 1. The largest absolute Gasteiger partial charge is 0.335 e. The molecule has 0 aliphatic rings. The molecule has 78 valence electrons. The van der Waals surface area contributed by atoms with Crippen LogP contribution in [0.2, 0.25) is 0 Å². The Morgan fingerprint density at radius 3 is 3.13 bits per heavy atom. The topological polar surface area (TPSA) is 60.7 Å². The van der Waals surface area contributed by atoms with Crippen molar-refractivity contribution in [1.82, 2.24) is 19.1 Å². The highest BCUT2D eigenvalue weighted by molar-refractivity contribution is 7.07. The fourth-order valence-electron chi connectivity index (χ4n) is 1.32. The van der Waals surface area contributed by atoms with E-state index in [1.165, 1.54) is 6.20 Å². The Balaban J connectivity index is 2.13. The molecule has 0 aliphatic carbocycles. The van der Waals surface area contributed by atoms with Gasteiger partial charge >= 0.3 is 0 Å². The second kappa shape index (κ2) is 4.31. The standard InChI is InChI=1S/C9H10N4OS/c1-2-13-4-3-10-9(13)5-7(14)8-6-11-12-15-8/h3-4,6H,2,5H2,1H3. The summed E-state index contributed by atoms with van der Waals surface area (Å²) in [5, 5.41) is 3.64. The number of carbonyl (C=O) groups is 1. The van der Waals surface area contributed by atoms with Crippen molar-refractivity contribution in [2.24, 2.45) is 0 Å². The summed E-state index contributed by atoms with van der Waals surface area (Å²) in [4.78, 5) is 16.4. The van der Waals surface area contributed by atoms with Crippen LogP contribution in [0.3, 0.4) is 0 Å². The molecule has 2 aromatic rings. The average Bonchev–Trinajstić information content (AvgIpc) is 2.87. The van der Waals surface area contributed by atoms with Crippen LogP contribution in [0.4, 0.5) is 0 Å². The SMILES string of the molecule is CCn1ccnc1CC(=O)c1cnns1. The van der Waals surface area contributed by atoms with Crippen LogP contribution >= 0.6 is 11.5 Å². The minimum absolute atomic E-state index is 0.0194. The number of rotatable bonds is 4. The molecule has 0 unspecified atom stereocenters. The molecule has 0 saturated carbocycles. The lowest BCUT2D eigenvalue weighted by molar-refractivity contribution is 0.0993. The molecule has 5 nitrogen and oxygen atoms in total. The van der Waals surface area contributed by atoms with E-state index in [1.54, 1.807) is 6.20 Å². The molecule has 0 aromatic carbocycles. The van der Waals surface area contributed by atoms with Crippen LogP contribution in [-0.2, 0) is 13.0 Å². The van der Waals surface area contributed by atoms with E-state index in [1.807, 2.05) is 17.7 Å². The van der Waals surface area contributed by atoms with E-state index in [0.717, 1.165) is 23.9 Å². The Morgan fingerprint density at radius 2 is 2.47 bits per heavy atom. The van der Waals surface area contributed by atoms with Crippen molar-refractivity contribution in [3.05, 3.63) is 29.3 Å². The molecule has 0 N–H and O–H groups in total. The molecule has 2 rings (SSSR count). The Hall–Kier alpha value is -1.56. The van der Waals surface area contributed by atoms with E-state index in [-0.39, 0.29) is 5.78 Å². The van der Waals surface area contributed by atoms with Gasteiger partial charge in [0.25, 0.3) is 0 Å². The second-order valence-corrected chi connectivity index (χ2v) is 3.80. The summed E-state index contributed by atoms with van der Waals surface area (Å²) in [6.45, 7) is 2.84. The van der Waals surface area contributed by atoms with Crippen LogP contribution < -0.4 is 0 Å². The Labute approximate surface area is 90.9 Å². The zero-order valence-electron chi connectivity index (χ0n) is 8.25. The predicted octanol–water partition coefficient (Wildman–Crippen LogP) is 1.18. The number of Topliss-reactive ketones (excluding diaryl/α,β-unsaturated/α-hetero) is 1. The third-order valence-corrected chi connectivity index (χ3v) is 2.80. The number of imidazole rings is 1. The summed E-state index contributed by atoms with van der Waals surface area (Å²) >= 11 is 1.12. The number of aromatic nitrogens is 4. The van der Waals surface area contributed by atoms with Gasteiger partial charge < -0.3 is 4.57 Å². The maximum absolute atomic E-state index is 11.7. The first kappa shape index (κ1) is 9.97. The quantitative estimate of drug-likeness (QED) is 0.729. The number of aryl methyl sites for hydroxylation is 1. The van der Waals surface area contributed by atoms with Crippen molar-refractivity contribution in [2.75, 3.05) is 0 Å². The first-order valence-electron chi connectivity index (χ1n) is 4.62. The van der Waals surface area contributed by atoms with E-state index in [9.17, 15) is 4.79 Å². The van der Waals surface area contributed by atoms with Gasteiger partial charge in [-0.15, -0.1) is 5.10 Å². The molecular formula is C9H10N4OS. The molecule has 0 saturated heterocycles.